The van der Waals surface area contributed by atoms with Crippen molar-refractivity contribution in [1.29, 1.82) is 0 Å². The van der Waals surface area contributed by atoms with Crippen molar-refractivity contribution >= 4 is 27.5 Å². The van der Waals surface area contributed by atoms with Crippen molar-refractivity contribution in [1.82, 2.24) is 10.2 Å². The lowest BCUT2D eigenvalue weighted by molar-refractivity contribution is -0.117. The van der Waals surface area contributed by atoms with Crippen LogP contribution in [-0.4, -0.2) is 43.5 Å². The lowest BCUT2D eigenvalue weighted by atomic mass is 10.3. The van der Waals surface area contributed by atoms with Gasteiger partial charge in [-0.15, -0.1) is 0 Å². The van der Waals surface area contributed by atoms with E-state index in [9.17, 15) is 4.79 Å². The number of carbonyl (C=O) groups excluding carboxylic acids is 1. The van der Waals surface area contributed by atoms with Crippen LogP contribution in [0.25, 0.3) is 0 Å². The SMILES string of the molecule is O=C(CN1CCCNCC1)Nc1cccc(Br)c1. The third-order valence-electron chi connectivity index (χ3n) is 2.91. The molecule has 0 saturated carbocycles. The zero-order valence-electron chi connectivity index (χ0n) is 10.3. The van der Waals surface area contributed by atoms with Crippen molar-refractivity contribution < 1.29 is 4.79 Å². The van der Waals surface area contributed by atoms with Crippen molar-refractivity contribution in [2.45, 2.75) is 6.42 Å². The number of hydrogen-bond donors (Lipinski definition) is 2. The Morgan fingerprint density at radius 1 is 1.39 bits per heavy atom. The Hall–Kier alpha value is -0.910. The predicted octanol–water partition coefficient (Wildman–Crippen LogP) is 1.68. The van der Waals surface area contributed by atoms with Crippen LogP contribution in [0.3, 0.4) is 0 Å². The topological polar surface area (TPSA) is 44.4 Å². The predicted molar refractivity (Wildman–Crippen MR) is 76.7 cm³/mol. The molecule has 4 nitrogen and oxygen atoms in total. The van der Waals surface area contributed by atoms with Gasteiger partial charge in [0.05, 0.1) is 6.54 Å². The molecule has 0 aliphatic carbocycles. The standard InChI is InChI=1S/C13H18BrN3O/c14-11-3-1-4-12(9-11)16-13(18)10-17-7-2-5-15-6-8-17/h1,3-4,9,15H,2,5-8,10H2,(H,16,18). The Kier molecular flexibility index (Phi) is 5.16. The molecule has 0 aromatic heterocycles. The third kappa shape index (κ3) is 4.40. The molecule has 2 rings (SSSR count). The molecule has 98 valence electrons. The Labute approximate surface area is 116 Å². The first-order valence-electron chi connectivity index (χ1n) is 6.22. The number of nitrogens with one attached hydrogen (secondary N) is 2. The molecule has 18 heavy (non-hydrogen) atoms. The van der Waals surface area contributed by atoms with Crippen LogP contribution in [0.15, 0.2) is 28.7 Å². The van der Waals surface area contributed by atoms with E-state index in [1.54, 1.807) is 0 Å². The minimum absolute atomic E-state index is 0.0509. The smallest absolute Gasteiger partial charge is 0.238 e. The van der Waals surface area contributed by atoms with E-state index < -0.39 is 0 Å². The van der Waals surface area contributed by atoms with Gasteiger partial charge >= 0.3 is 0 Å². The maximum absolute atomic E-state index is 11.9. The summed E-state index contributed by atoms with van der Waals surface area (Å²) in [5.41, 5.74) is 0.835. The molecule has 0 atom stereocenters. The molecular weight excluding hydrogens is 294 g/mol. The second-order valence-corrected chi connectivity index (χ2v) is 5.35. The van der Waals surface area contributed by atoms with Crippen LogP contribution in [-0.2, 0) is 4.79 Å². The lowest BCUT2D eigenvalue weighted by Gasteiger charge is -2.18. The van der Waals surface area contributed by atoms with Gasteiger partial charge in [-0.1, -0.05) is 22.0 Å². The molecule has 1 aromatic rings. The average molecular weight is 312 g/mol. The van der Waals surface area contributed by atoms with Gasteiger partial charge in [0, 0.05) is 23.2 Å². The molecule has 1 fully saturated rings. The quantitative estimate of drug-likeness (QED) is 0.893. The summed E-state index contributed by atoms with van der Waals surface area (Å²) < 4.78 is 0.972. The molecule has 1 aromatic carbocycles. The minimum atomic E-state index is 0.0509. The summed E-state index contributed by atoms with van der Waals surface area (Å²) in [6, 6.07) is 7.65. The molecule has 1 saturated heterocycles. The number of anilines is 1. The van der Waals surface area contributed by atoms with Crippen LogP contribution in [0.1, 0.15) is 6.42 Å². The lowest BCUT2D eigenvalue weighted by Crippen LogP contribution is -2.35. The largest absolute Gasteiger partial charge is 0.325 e. The molecule has 0 bridgehead atoms. The zero-order chi connectivity index (χ0) is 12.8. The highest BCUT2D eigenvalue weighted by Crippen LogP contribution is 2.15. The summed E-state index contributed by atoms with van der Waals surface area (Å²) in [4.78, 5) is 14.1. The van der Waals surface area contributed by atoms with Gasteiger partial charge in [0.2, 0.25) is 5.91 Å². The van der Waals surface area contributed by atoms with Crippen molar-refractivity contribution in [2.75, 3.05) is 38.0 Å². The number of hydrogen-bond acceptors (Lipinski definition) is 3. The monoisotopic (exact) mass is 311 g/mol. The number of benzene rings is 1. The fraction of sp³-hybridized carbons (Fsp3) is 0.462. The van der Waals surface area contributed by atoms with E-state index in [4.69, 9.17) is 0 Å². The fourth-order valence-corrected chi connectivity index (χ4v) is 2.43. The molecule has 0 radical (unpaired) electrons. The maximum atomic E-state index is 11.9. The first-order chi connectivity index (χ1) is 8.74. The zero-order valence-corrected chi connectivity index (χ0v) is 11.9. The Balaban J connectivity index is 1.84. The van der Waals surface area contributed by atoms with Crippen LogP contribution in [0.4, 0.5) is 5.69 Å². The van der Waals surface area contributed by atoms with Gasteiger partial charge in [-0.05, 0) is 37.7 Å². The molecule has 5 heteroatoms. The van der Waals surface area contributed by atoms with E-state index in [-0.39, 0.29) is 5.91 Å². The summed E-state index contributed by atoms with van der Waals surface area (Å²) in [5, 5.41) is 6.25. The van der Waals surface area contributed by atoms with E-state index in [0.717, 1.165) is 42.8 Å². The Bertz CT molecular complexity index is 403. The molecule has 0 spiro atoms. The molecule has 1 aliphatic heterocycles. The average Bonchev–Trinajstić information content (AvgIpc) is 2.57. The van der Waals surface area contributed by atoms with Gasteiger partial charge in [0.15, 0.2) is 0 Å². The second-order valence-electron chi connectivity index (χ2n) is 4.44. The molecule has 1 aliphatic rings. The van der Waals surface area contributed by atoms with Gasteiger partial charge in [-0.3, -0.25) is 9.69 Å². The van der Waals surface area contributed by atoms with E-state index in [0.29, 0.717) is 6.54 Å². The van der Waals surface area contributed by atoms with Crippen molar-refractivity contribution in [3.05, 3.63) is 28.7 Å². The summed E-state index contributed by atoms with van der Waals surface area (Å²) in [5.74, 6) is 0.0509. The first-order valence-corrected chi connectivity index (χ1v) is 7.02. The molecule has 1 heterocycles. The van der Waals surface area contributed by atoms with Crippen LogP contribution >= 0.6 is 15.9 Å². The van der Waals surface area contributed by atoms with E-state index >= 15 is 0 Å². The number of nitrogens with zero attached hydrogens (tertiary/aromatic N) is 1. The van der Waals surface area contributed by atoms with Gasteiger partial charge in [-0.2, -0.15) is 0 Å². The molecular formula is C13H18BrN3O. The second kappa shape index (κ2) is 6.87. The van der Waals surface area contributed by atoms with Crippen molar-refractivity contribution in [3.8, 4) is 0 Å². The highest BCUT2D eigenvalue weighted by Gasteiger charge is 2.12. The van der Waals surface area contributed by atoms with Gasteiger partial charge < -0.3 is 10.6 Å². The highest BCUT2D eigenvalue weighted by atomic mass is 79.9. The van der Waals surface area contributed by atoms with E-state index in [1.165, 1.54) is 0 Å². The number of halogens is 1. The Morgan fingerprint density at radius 2 is 2.28 bits per heavy atom. The fourth-order valence-electron chi connectivity index (χ4n) is 2.03. The number of carbonyl (C=O) groups is 1. The number of rotatable bonds is 3. The van der Waals surface area contributed by atoms with Crippen molar-refractivity contribution in [2.24, 2.45) is 0 Å². The van der Waals surface area contributed by atoms with Crippen LogP contribution < -0.4 is 10.6 Å². The first kappa shape index (κ1) is 13.5. The van der Waals surface area contributed by atoms with Gasteiger partial charge in [-0.25, -0.2) is 0 Å². The highest BCUT2D eigenvalue weighted by molar-refractivity contribution is 9.10. The Morgan fingerprint density at radius 3 is 3.11 bits per heavy atom. The summed E-state index contributed by atoms with van der Waals surface area (Å²) in [6.07, 6.45) is 1.10. The van der Waals surface area contributed by atoms with E-state index in [1.807, 2.05) is 24.3 Å². The summed E-state index contributed by atoms with van der Waals surface area (Å²) in [6.45, 7) is 4.40. The molecule has 2 N–H and O–H groups in total. The number of amides is 1. The van der Waals surface area contributed by atoms with Crippen LogP contribution in [0.2, 0.25) is 0 Å². The van der Waals surface area contributed by atoms with Gasteiger partial charge in [0.25, 0.3) is 0 Å². The van der Waals surface area contributed by atoms with Crippen LogP contribution in [0, 0.1) is 0 Å². The molecule has 1 amide bonds. The minimum Gasteiger partial charge on any atom is -0.325 e. The van der Waals surface area contributed by atoms with Crippen LogP contribution in [0.5, 0.6) is 0 Å². The summed E-state index contributed by atoms with van der Waals surface area (Å²) in [7, 11) is 0. The summed E-state index contributed by atoms with van der Waals surface area (Å²) >= 11 is 3.39. The van der Waals surface area contributed by atoms with E-state index in [2.05, 4.69) is 31.5 Å². The normalized spacial score (nSPS) is 17.2. The van der Waals surface area contributed by atoms with Crippen molar-refractivity contribution in [3.63, 3.8) is 0 Å². The third-order valence-corrected chi connectivity index (χ3v) is 3.40. The van der Waals surface area contributed by atoms with Gasteiger partial charge in [0.1, 0.15) is 0 Å². The maximum Gasteiger partial charge on any atom is 0.238 e. The molecule has 0 unspecified atom stereocenters.